The molecule has 0 N–H and O–H groups in total. The zero-order valence-corrected chi connectivity index (χ0v) is 4.16. The fraction of sp³-hybridized carbons (Fsp3) is 0.200. The van der Waals surface area contributed by atoms with Crippen molar-refractivity contribution in [2.75, 3.05) is 6.61 Å². The number of allylic oxidation sites excluding steroid dienone is 1. The second-order valence-corrected chi connectivity index (χ2v) is 1.25. The summed E-state index contributed by atoms with van der Waals surface area (Å²) < 4.78 is 4.78. The van der Waals surface area contributed by atoms with Crippen molar-refractivity contribution in [2.24, 2.45) is 4.99 Å². The molecule has 1 rings (SSSR count). The van der Waals surface area contributed by atoms with Crippen molar-refractivity contribution in [3.8, 4) is 6.07 Å². The van der Waals surface area contributed by atoms with Crippen molar-refractivity contribution in [1.29, 1.82) is 5.26 Å². The van der Waals surface area contributed by atoms with Crippen LogP contribution < -0.4 is 0 Å². The third kappa shape index (κ3) is 0.850. The van der Waals surface area contributed by atoms with Crippen LogP contribution in [0.3, 0.4) is 0 Å². The monoisotopic (exact) mass is 108 g/mol. The number of aliphatic imine (C=N–C) groups is 1. The molecule has 40 valence electrons. The first-order valence-corrected chi connectivity index (χ1v) is 2.18. The molecule has 1 heterocycles. The van der Waals surface area contributed by atoms with Gasteiger partial charge in [0.25, 0.3) is 0 Å². The molecule has 3 nitrogen and oxygen atoms in total. The van der Waals surface area contributed by atoms with Crippen LogP contribution in [0.4, 0.5) is 0 Å². The molecule has 0 unspecified atom stereocenters. The van der Waals surface area contributed by atoms with Gasteiger partial charge in [0.15, 0.2) is 0 Å². The molecule has 3 heteroatoms. The van der Waals surface area contributed by atoms with Gasteiger partial charge in [-0.05, 0) is 0 Å². The van der Waals surface area contributed by atoms with Crippen molar-refractivity contribution in [3.05, 3.63) is 12.0 Å². The van der Waals surface area contributed by atoms with E-state index in [1.54, 1.807) is 6.21 Å². The largest absolute Gasteiger partial charge is 0.477 e. The molecule has 0 radical (unpaired) electrons. The van der Waals surface area contributed by atoms with E-state index in [2.05, 4.69) is 4.99 Å². The predicted molar refractivity (Wildman–Crippen MR) is 28.1 cm³/mol. The summed E-state index contributed by atoms with van der Waals surface area (Å²) in [4.78, 5) is 3.69. The molecule has 0 aliphatic carbocycles. The highest BCUT2D eigenvalue weighted by atomic mass is 16.5. The lowest BCUT2D eigenvalue weighted by Crippen LogP contribution is -1.97. The van der Waals surface area contributed by atoms with Crippen LogP contribution in [0, 0.1) is 11.3 Å². The summed E-state index contributed by atoms with van der Waals surface area (Å²) >= 11 is 0. The minimum atomic E-state index is 0.285. The summed E-state index contributed by atoms with van der Waals surface area (Å²) in [6.45, 7) is 0.416. The van der Waals surface area contributed by atoms with Crippen LogP contribution in [-0.2, 0) is 4.74 Å². The van der Waals surface area contributed by atoms with E-state index in [0.717, 1.165) is 0 Å². The van der Waals surface area contributed by atoms with Gasteiger partial charge in [0.05, 0.1) is 6.20 Å². The van der Waals surface area contributed by atoms with E-state index in [0.29, 0.717) is 6.61 Å². The smallest absolute Gasteiger partial charge is 0.216 e. The molecule has 0 atom stereocenters. The van der Waals surface area contributed by atoms with Crippen molar-refractivity contribution in [1.82, 2.24) is 0 Å². The van der Waals surface area contributed by atoms with Gasteiger partial charge in [-0.15, -0.1) is 0 Å². The molecule has 1 aliphatic heterocycles. The van der Waals surface area contributed by atoms with Gasteiger partial charge in [0.1, 0.15) is 12.7 Å². The lowest BCUT2D eigenvalue weighted by atomic mass is 10.5. The summed E-state index contributed by atoms with van der Waals surface area (Å²) in [7, 11) is 0. The normalized spacial score (nSPS) is 16.1. The maximum absolute atomic E-state index is 8.17. The van der Waals surface area contributed by atoms with E-state index in [-0.39, 0.29) is 5.76 Å². The van der Waals surface area contributed by atoms with Crippen LogP contribution in [0.5, 0.6) is 0 Å². The SMILES string of the molecule is N#CC1=CN=CCO1. The fourth-order valence-corrected chi connectivity index (χ4v) is 0.389. The van der Waals surface area contributed by atoms with Gasteiger partial charge in [-0.2, -0.15) is 5.26 Å². The lowest BCUT2D eigenvalue weighted by Gasteiger charge is -2.00. The highest BCUT2D eigenvalue weighted by Gasteiger charge is 1.95. The number of nitrogens with zero attached hydrogens (tertiary/aromatic N) is 2. The average Bonchev–Trinajstić information content (AvgIpc) is 1.90. The Balaban J connectivity index is 2.67. The van der Waals surface area contributed by atoms with Crippen LogP contribution >= 0.6 is 0 Å². The minimum absolute atomic E-state index is 0.285. The van der Waals surface area contributed by atoms with Gasteiger partial charge in [-0.25, -0.2) is 0 Å². The number of hydrogen-bond donors (Lipinski definition) is 0. The van der Waals surface area contributed by atoms with Crippen LogP contribution in [0.2, 0.25) is 0 Å². The molecule has 0 aromatic rings. The molecule has 0 aromatic heterocycles. The maximum Gasteiger partial charge on any atom is 0.216 e. The quantitative estimate of drug-likeness (QED) is 0.452. The van der Waals surface area contributed by atoms with Crippen molar-refractivity contribution >= 4 is 6.21 Å². The summed E-state index contributed by atoms with van der Waals surface area (Å²) in [5.74, 6) is 0.285. The van der Waals surface area contributed by atoms with E-state index in [4.69, 9.17) is 10.00 Å². The van der Waals surface area contributed by atoms with E-state index in [9.17, 15) is 0 Å². The molecule has 8 heavy (non-hydrogen) atoms. The van der Waals surface area contributed by atoms with Gasteiger partial charge >= 0.3 is 0 Å². The first-order valence-electron chi connectivity index (χ1n) is 2.18. The summed E-state index contributed by atoms with van der Waals surface area (Å²) in [6, 6.07) is 1.83. The molecule has 0 spiro atoms. The fourth-order valence-electron chi connectivity index (χ4n) is 0.389. The van der Waals surface area contributed by atoms with Gasteiger partial charge in [0.2, 0.25) is 5.76 Å². The van der Waals surface area contributed by atoms with E-state index in [1.165, 1.54) is 6.20 Å². The Morgan fingerprint density at radius 2 is 2.75 bits per heavy atom. The lowest BCUT2D eigenvalue weighted by molar-refractivity contribution is 0.274. The van der Waals surface area contributed by atoms with Crippen LogP contribution in [-0.4, -0.2) is 12.8 Å². The standard InChI is InChI=1S/C5H4N2O/c6-3-5-4-7-1-2-8-5/h1,4H,2H2. The minimum Gasteiger partial charge on any atom is -0.477 e. The Morgan fingerprint density at radius 3 is 3.12 bits per heavy atom. The molecule has 0 bridgehead atoms. The second kappa shape index (κ2) is 2.12. The molecule has 1 aliphatic rings. The Morgan fingerprint density at radius 1 is 1.88 bits per heavy atom. The van der Waals surface area contributed by atoms with E-state index >= 15 is 0 Å². The van der Waals surface area contributed by atoms with Crippen molar-refractivity contribution < 1.29 is 4.74 Å². The third-order valence-electron chi connectivity index (χ3n) is 0.721. The van der Waals surface area contributed by atoms with Crippen molar-refractivity contribution in [2.45, 2.75) is 0 Å². The number of ether oxygens (including phenoxy) is 1. The Labute approximate surface area is 46.9 Å². The molecule has 0 saturated heterocycles. The number of hydrogen-bond acceptors (Lipinski definition) is 3. The number of nitriles is 1. The van der Waals surface area contributed by atoms with Crippen LogP contribution in [0.1, 0.15) is 0 Å². The second-order valence-electron chi connectivity index (χ2n) is 1.25. The zero-order valence-electron chi connectivity index (χ0n) is 4.16. The van der Waals surface area contributed by atoms with Gasteiger partial charge in [-0.1, -0.05) is 0 Å². The Bertz CT molecular complexity index is 175. The van der Waals surface area contributed by atoms with Gasteiger partial charge in [0, 0.05) is 6.21 Å². The molecule has 0 aromatic carbocycles. The van der Waals surface area contributed by atoms with Crippen LogP contribution in [0.25, 0.3) is 0 Å². The van der Waals surface area contributed by atoms with Gasteiger partial charge in [-0.3, -0.25) is 4.99 Å². The summed E-state index contributed by atoms with van der Waals surface area (Å²) in [5, 5.41) is 8.17. The Kier molecular flexibility index (Phi) is 1.29. The highest BCUT2D eigenvalue weighted by molar-refractivity contribution is 5.61. The third-order valence-corrected chi connectivity index (χ3v) is 0.721. The average molecular weight is 108 g/mol. The topological polar surface area (TPSA) is 45.4 Å². The first-order chi connectivity index (χ1) is 3.93. The predicted octanol–water partition coefficient (Wildman–Crippen LogP) is 0.452. The molecular weight excluding hydrogens is 104 g/mol. The molecular formula is C5H4N2O. The van der Waals surface area contributed by atoms with E-state index in [1.807, 2.05) is 6.07 Å². The van der Waals surface area contributed by atoms with Crippen molar-refractivity contribution in [3.63, 3.8) is 0 Å². The van der Waals surface area contributed by atoms with E-state index < -0.39 is 0 Å². The number of rotatable bonds is 0. The Hall–Kier alpha value is -1.30. The van der Waals surface area contributed by atoms with Gasteiger partial charge < -0.3 is 4.74 Å². The summed E-state index contributed by atoms with van der Waals surface area (Å²) in [5.41, 5.74) is 0. The molecule has 0 fully saturated rings. The van der Waals surface area contributed by atoms with Crippen LogP contribution in [0.15, 0.2) is 17.0 Å². The molecule has 0 amide bonds. The highest BCUT2D eigenvalue weighted by Crippen LogP contribution is 1.97. The zero-order chi connectivity index (χ0) is 5.82. The summed E-state index contributed by atoms with van der Waals surface area (Å²) in [6.07, 6.45) is 2.99. The maximum atomic E-state index is 8.17. The first kappa shape index (κ1) is 4.85. The molecule has 0 saturated carbocycles.